The van der Waals surface area contributed by atoms with E-state index in [0.29, 0.717) is 17.2 Å². The Kier molecular flexibility index (Phi) is 3.13. The molecule has 1 saturated heterocycles. The SMILES string of the molecule is CNc1cccc2c1NC(=O)C(=C1CCNCC1)O2. The van der Waals surface area contributed by atoms with Crippen molar-refractivity contribution in [2.24, 2.45) is 0 Å². The molecule has 3 rings (SSSR count). The predicted octanol–water partition coefficient (Wildman–Crippen LogP) is 1.70. The third kappa shape index (κ3) is 2.17. The normalized spacial score (nSPS) is 18.5. The molecule has 2 aliphatic rings. The second-order valence-electron chi connectivity index (χ2n) is 4.67. The summed E-state index contributed by atoms with van der Waals surface area (Å²) in [5.74, 6) is 1.03. The van der Waals surface area contributed by atoms with Crippen molar-refractivity contribution in [1.82, 2.24) is 5.32 Å². The van der Waals surface area contributed by atoms with Gasteiger partial charge in [-0.05, 0) is 43.6 Å². The van der Waals surface area contributed by atoms with Crippen molar-refractivity contribution in [2.45, 2.75) is 12.8 Å². The summed E-state index contributed by atoms with van der Waals surface area (Å²) in [5.41, 5.74) is 2.67. The number of fused-ring (bicyclic) bond motifs is 1. The zero-order chi connectivity index (χ0) is 13.2. The maximum Gasteiger partial charge on any atom is 0.291 e. The monoisotopic (exact) mass is 259 g/mol. The second kappa shape index (κ2) is 4.93. The first kappa shape index (κ1) is 12.0. The fourth-order valence-corrected chi connectivity index (χ4v) is 2.47. The van der Waals surface area contributed by atoms with Gasteiger partial charge in [0.2, 0.25) is 0 Å². The average molecular weight is 259 g/mol. The van der Waals surface area contributed by atoms with Crippen molar-refractivity contribution in [2.75, 3.05) is 30.8 Å². The van der Waals surface area contributed by atoms with Gasteiger partial charge < -0.3 is 20.7 Å². The van der Waals surface area contributed by atoms with Crippen LogP contribution in [-0.2, 0) is 4.79 Å². The highest BCUT2D eigenvalue weighted by atomic mass is 16.5. The molecule has 0 aliphatic carbocycles. The maximum atomic E-state index is 12.2. The van der Waals surface area contributed by atoms with Gasteiger partial charge in [0.25, 0.3) is 5.91 Å². The van der Waals surface area contributed by atoms with E-state index in [-0.39, 0.29) is 5.91 Å². The number of piperidine rings is 1. The molecule has 19 heavy (non-hydrogen) atoms. The minimum Gasteiger partial charge on any atom is -0.449 e. The van der Waals surface area contributed by atoms with Gasteiger partial charge in [-0.1, -0.05) is 6.07 Å². The van der Waals surface area contributed by atoms with E-state index in [1.807, 2.05) is 25.2 Å². The number of benzene rings is 1. The van der Waals surface area contributed by atoms with Crippen LogP contribution in [0.15, 0.2) is 29.5 Å². The molecule has 2 heterocycles. The second-order valence-corrected chi connectivity index (χ2v) is 4.67. The summed E-state index contributed by atoms with van der Waals surface area (Å²) in [6.07, 6.45) is 1.73. The molecule has 100 valence electrons. The van der Waals surface area contributed by atoms with Gasteiger partial charge >= 0.3 is 0 Å². The van der Waals surface area contributed by atoms with E-state index in [1.165, 1.54) is 0 Å². The van der Waals surface area contributed by atoms with Crippen molar-refractivity contribution in [3.8, 4) is 5.75 Å². The van der Waals surface area contributed by atoms with Gasteiger partial charge in [0, 0.05) is 7.05 Å². The molecule has 1 fully saturated rings. The number of carbonyl (C=O) groups is 1. The molecule has 0 aromatic heterocycles. The number of hydrogen-bond donors (Lipinski definition) is 3. The quantitative estimate of drug-likeness (QED) is 0.672. The van der Waals surface area contributed by atoms with Gasteiger partial charge in [0.05, 0.1) is 5.69 Å². The zero-order valence-electron chi connectivity index (χ0n) is 10.9. The number of para-hydroxylation sites is 1. The lowest BCUT2D eigenvalue weighted by Crippen LogP contribution is -2.30. The van der Waals surface area contributed by atoms with Crippen molar-refractivity contribution >= 4 is 17.3 Å². The molecular weight excluding hydrogens is 242 g/mol. The summed E-state index contributed by atoms with van der Waals surface area (Å²) < 4.78 is 5.83. The molecule has 2 aliphatic heterocycles. The van der Waals surface area contributed by atoms with Crippen molar-refractivity contribution in [3.05, 3.63) is 29.5 Å². The first-order valence-electron chi connectivity index (χ1n) is 6.52. The maximum absolute atomic E-state index is 12.2. The predicted molar refractivity (Wildman–Crippen MR) is 74.4 cm³/mol. The Balaban J connectivity index is 1.98. The fraction of sp³-hybridized carbons (Fsp3) is 0.357. The van der Waals surface area contributed by atoms with Gasteiger partial charge in [-0.15, -0.1) is 0 Å². The molecule has 0 spiro atoms. The molecule has 1 amide bonds. The largest absolute Gasteiger partial charge is 0.449 e. The number of nitrogens with one attached hydrogen (secondary N) is 3. The van der Waals surface area contributed by atoms with E-state index in [1.54, 1.807) is 0 Å². The smallest absolute Gasteiger partial charge is 0.291 e. The van der Waals surface area contributed by atoms with Crippen LogP contribution in [0.25, 0.3) is 0 Å². The summed E-state index contributed by atoms with van der Waals surface area (Å²) in [7, 11) is 1.82. The molecule has 0 unspecified atom stereocenters. The van der Waals surface area contributed by atoms with Crippen molar-refractivity contribution < 1.29 is 9.53 Å². The Morgan fingerprint density at radius 2 is 2.05 bits per heavy atom. The van der Waals surface area contributed by atoms with E-state index in [9.17, 15) is 4.79 Å². The lowest BCUT2D eigenvalue weighted by molar-refractivity contribution is -0.115. The average Bonchev–Trinajstić information content (AvgIpc) is 2.47. The summed E-state index contributed by atoms with van der Waals surface area (Å²) >= 11 is 0. The van der Waals surface area contributed by atoms with Crippen LogP contribution in [0.5, 0.6) is 5.75 Å². The van der Waals surface area contributed by atoms with Gasteiger partial charge in [-0.25, -0.2) is 0 Å². The van der Waals surface area contributed by atoms with Crippen LogP contribution in [0.1, 0.15) is 12.8 Å². The number of anilines is 2. The van der Waals surface area contributed by atoms with Crippen LogP contribution in [0, 0.1) is 0 Å². The highest BCUT2D eigenvalue weighted by Gasteiger charge is 2.27. The van der Waals surface area contributed by atoms with Crippen LogP contribution in [0.2, 0.25) is 0 Å². The van der Waals surface area contributed by atoms with Crippen LogP contribution in [-0.4, -0.2) is 26.0 Å². The Labute approximate surface area is 112 Å². The first-order chi connectivity index (χ1) is 9.29. The minimum absolute atomic E-state index is 0.146. The Morgan fingerprint density at radius 1 is 1.26 bits per heavy atom. The van der Waals surface area contributed by atoms with Crippen LogP contribution < -0.4 is 20.7 Å². The van der Waals surface area contributed by atoms with E-state index in [0.717, 1.165) is 37.2 Å². The fourth-order valence-electron chi connectivity index (χ4n) is 2.47. The standard InChI is InChI=1S/C14H17N3O2/c1-15-10-3-2-4-11-12(10)17-14(18)13(19-11)9-5-7-16-8-6-9/h2-4,15-16H,5-8H2,1H3,(H,17,18). The lowest BCUT2D eigenvalue weighted by atomic mass is 10.0. The van der Waals surface area contributed by atoms with Crippen molar-refractivity contribution in [1.29, 1.82) is 0 Å². The Morgan fingerprint density at radius 3 is 2.79 bits per heavy atom. The molecule has 3 N–H and O–H groups in total. The van der Waals surface area contributed by atoms with Crippen LogP contribution in [0.4, 0.5) is 11.4 Å². The molecule has 0 saturated carbocycles. The number of hydrogen-bond acceptors (Lipinski definition) is 4. The lowest BCUT2D eigenvalue weighted by Gasteiger charge is -2.26. The number of carbonyl (C=O) groups excluding carboxylic acids is 1. The third-order valence-electron chi connectivity index (χ3n) is 3.48. The summed E-state index contributed by atoms with van der Waals surface area (Å²) in [5, 5.41) is 9.25. The molecule has 0 radical (unpaired) electrons. The van der Waals surface area contributed by atoms with E-state index in [4.69, 9.17) is 4.74 Å². The minimum atomic E-state index is -0.146. The third-order valence-corrected chi connectivity index (χ3v) is 3.48. The topological polar surface area (TPSA) is 62.4 Å². The Hall–Kier alpha value is -2.01. The number of ether oxygens (including phenoxy) is 1. The summed E-state index contributed by atoms with van der Waals surface area (Å²) in [4.78, 5) is 12.2. The number of amides is 1. The van der Waals surface area contributed by atoms with Gasteiger partial charge in [-0.2, -0.15) is 0 Å². The summed E-state index contributed by atoms with van der Waals surface area (Å²) in [6, 6.07) is 5.69. The first-order valence-corrected chi connectivity index (χ1v) is 6.52. The molecule has 5 nitrogen and oxygen atoms in total. The van der Waals surface area contributed by atoms with E-state index >= 15 is 0 Å². The van der Waals surface area contributed by atoms with Crippen LogP contribution >= 0.6 is 0 Å². The van der Waals surface area contributed by atoms with E-state index < -0.39 is 0 Å². The highest BCUT2D eigenvalue weighted by molar-refractivity contribution is 6.08. The molecule has 0 atom stereocenters. The highest BCUT2D eigenvalue weighted by Crippen LogP contribution is 2.38. The molecule has 0 bridgehead atoms. The van der Waals surface area contributed by atoms with Gasteiger partial charge in [-0.3, -0.25) is 4.79 Å². The van der Waals surface area contributed by atoms with E-state index in [2.05, 4.69) is 16.0 Å². The number of rotatable bonds is 1. The van der Waals surface area contributed by atoms with Crippen molar-refractivity contribution in [3.63, 3.8) is 0 Å². The molecule has 1 aromatic carbocycles. The zero-order valence-corrected chi connectivity index (χ0v) is 10.9. The summed E-state index contributed by atoms with van der Waals surface area (Å²) in [6.45, 7) is 1.80. The Bertz CT molecular complexity index is 544. The molecule has 1 aromatic rings. The molecular formula is C14H17N3O2. The van der Waals surface area contributed by atoms with Crippen LogP contribution in [0.3, 0.4) is 0 Å². The van der Waals surface area contributed by atoms with Gasteiger partial charge in [0.1, 0.15) is 5.69 Å². The molecule has 5 heteroatoms. The van der Waals surface area contributed by atoms with Gasteiger partial charge in [0.15, 0.2) is 11.5 Å².